The number of hydrogen-bond donors (Lipinski definition) is 1. The molecule has 3 aromatic heterocycles. The van der Waals surface area contributed by atoms with Crippen molar-refractivity contribution in [3.05, 3.63) is 52.3 Å². The first kappa shape index (κ1) is 15.5. The summed E-state index contributed by atoms with van der Waals surface area (Å²) in [6.45, 7) is 2.76. The van der Waals surface area contributed by atoms with Gasteiger partial charge in [0, 0.05) is 18.0 Å². The van der Waals surface area contributed by atoms with Gasteiger partial charge < -0.3 is 10.5 Å². The number of rotatable bonds is 2. The number of aryl methyl sites for hydroxylation is 1. The topological polar surface area (TPSA) is 87.0 Å². The van der Waals surface area contributed by atoms with Crippen LogP contribution in [0.25, 0.3) is 22.4 Å². The van der Waals surface area contributed by atoms with E-state index in [0.717, 1.165) is 35.3 Å². The Balaban J connectivity index is 1.72. The van der Waals surface area contributed by atoms with Crippen LogP contribution in [0.1, 0.15) is 30.3 Å². The fourth-order valence-corrected chi connectivity index (χ4v) is 3.81. The van der Waals surface area contributed by atoms with Crippen LogP contribution in [0.5, 0.6) is 0 Å². The van der Waals surface area contributed by atoms with Gasteiger partial charge in [-0.15, -0.1) is 5.10 Å². The Morgan fingerprint density at radius 1 is 1.38 bits per heavy atom. The molecule has 1 fully saturated rings. The highest BCUT2D eigenvalue weighted by Gasteiger charge is 2.23. The molecule has 0 spiro atoms. The van der Waals surface area contributed by atoms with Crippen molar-refractivity contribution in [2.75, 3.05) is 6.54 Å². The van der Waals surface area contributed by atoms with Crippen molar-refractivity contribution < 1.29 is 4.73 Å². The molecule has 132 valence electrons. The summed E-state index contributed by atoms with van der Waals surface area (Å²) in [5.74, 6) is 0.584. The number of aromatic nitrogens is 6. The molecule has 9 heteroatoms. The first-order valence-corrected chi connectivity index (χ1v) is 8.86. The monoisotopic (exact) mass is 369 g/mol. The van der Waals surface area contributed by atoms with E-state index in [9.17, 15) is 5.21 Å². The molecule has 0 saturated carbocycles. The van der Waals surface area contributed by atoms with Crippen molar-refractivity contribution in [3.63, 3.8) is 0 Å². The molecule has 26 heavy (non-hydrogen) atoms. The van der Waals surface area contributed by atoms with Gasteiger partial charge in [-0.1, -0.05) is 16.8 Å². The lowest BCUT2D eigenvalue weighted by Crippen LogP contribution is -2.32. The van der Waals surface area contributed by atoms with E-state index in [0.29, 0.717) is 27.6 Å². The molecule has 1 aromatic carbocycles. The van der Waals surface area contributed by atoms with E-state index in [4.69, 9.17) is 11.6 Å². The Labute approximate surface area is 153 Å². The fourth-order valence-electron chi connectivity index (χ4n) is 3.64. The Bertz CT molecular complexity index is 1140. The minimum absolute atomic E-state index is 0.228. The third kappa shape index (κ3) is 2.19. The molecule has 0 bridgehead atoms. The van der Waals surface area contributed by atoms with E-state index < -0.39 is 0 Å². The van der Waals surface area contributed by atoms with E-state index in [1.807, 2.05) is 16.7 Å². The maximum Gasteiger partial charge on any atom is 0.242 e. The van der Waals surface area contributed by atoms with Crippen LogP contribution >= 0.6 is 11.6 Å². The molecular formula is C17H16ClN7O. The highest BCUT2D eigenvalue weighted by atomic mass is 35.5. The van der Waals surface area contributed by atoms with Crippen molar-refractivity contribution in [1.29, 1.82) is 0 Å². The maximum absolute atomic E-state index is 12.8. The first-order valence-electron chi connectivity index (χ1n) is 8.48. The molecule has 5 rings (SSSR count). The zero-order valence-corrected chi connectivity index (χ0v) is 14.8. The van der Waals surface area contributed by atoms with Crippen molar-refractivity contribution in [1.82, 2.24) is 29.7 Å². The number of halogens is 1. The van der Waals surface area contributed by atoms with Crippen LogP contribution in [0.3, 0.4) is 0 Å². The van der Waals surface area contributed by atoms with Gasteiger partial charge in [0.15, 0.2) is 11.3 Å². The Morgan fingerprint density at radius 2 is 2.27 bits per heavy atom. The van der Waals surface area contributed by atoms with Gasteiger partial charge in [0.25, 0.3) is 0 Å². The molecule has 1 N–H and O–H groups in total. The second-order valence-electron chi connectivity index (χ2n) is 6.54. The average molecular weight is 370 g/mol. The zero-order valence-electron chi connectivity index (χ0n) is 14.1. The Hall–Kier alpha value is -2.71. The van der Waals surface area contributed by atoms with Crippen LogP contribution in [0.15, 0.2) is 30.7 Å². The predicted molar refractivity (Wildman–Crippen MR) is 96.3 cm³/mol. The summed E-state index contributed by atoms with van der Waals surface area (Å²) in [4.78, 5) is 4.50. The Morgan fingerprint density at radius 3 is 3.08 bits per heavy atom. The van der Waals surface area contributed by atoms with Crippen molar-refractivity contribution in [3.8, 4) is 5.82 Å². The normalized spacial score (nSPS) is 17.5. The second-order valence-corrected chi connectivity index (χ2v) is 6.97. The number of imidazole rings is 1. The van der Waals surface area contributed by atoms with Gasteiger partial charge in [0.1, 0.15) is 17.5 Å². The lowest BCUT2D eigenvalue weighted by molar-refractivity contribution is -0.583. The number of nitrogens with one attached hydrogen (secondary N) is 1. The zero-order chi connectivity index (χ0) is 17.8. The molecule has 1 saturated heterocycles. The molecule has 4 heterocycles. The molecule has 1 atom stereocenters. The second kappa shape index (κ2) is 5.65. The molecule has 0 radical (unpaired) electrons. The summed E-state index contributed by atoms with van der Waals surface area (Å²) < 4.78 is 4.41. The third-order valence-electron chi connectivity index (χ3n) is 4.96. The largest absolute Gasteiger partial charge is 0.618 e. The SMILES string of the molecule is Cc1c2c(-n3cc(C4CCCN4)nn3)ncn2c2ccc(Cl)cc2[n+]1[O-]. The number of benzene rings is 1. The standard InChI is InChI=1S/C17H16ClN7O/c1-10-16-17(24-8-13(21-22-24)12-3-2-6-19-12)20-9-23(16)14-5-4-11(18)7-15(14)25(10)26/h4-5,7-9,12,19H,2-3,6H2,1H3. The van der Waals surface area contributed by atoms with Crippen molar-refractivity contribution in [2.24, 2.45) is 0 Å². The quantitative estimate of drug-likeness (QED) is 0.432. The summed E-state index contributed by atoms with van der Waals surface area (Å²) in [7, 11) is 0. The van der Waals surface area contributed by atoms with Gasteiger partial charge >= 0.3 is 0 Å². The molecular weight excluding hydrogens is 354 g/mol. The minimum Gasteiger partial charge on any atom is -0.618 e. The highest BCUT2D eigenvalue weighted by Crippen LogP contribution is 2.25. The lowest BCUT2D eigenvalue weighted by atomic mass is 10.2. The molecule has 0 aliphatic carbocycles. The average Bonchev–Trinajstić information content (AvgIpc) is 3.38. The molecule has 1 aliphatic heterocycles. The summed E-state index contributed by atoms with van der Waals surface area (Å²) in [5.41, 5.74) is 3.36. The van der Waals surface area contributed by atoms with Gasteiger partial charge in [0.05, 0.1) is 12.2 Å². The van der Waals surface area contributed by atoms with Gasteiger partial charge in [-0.2, -0.15) is 9.41 Å². The van der Waals surface area contributed by atoms with Crippen LogP contribution in [-0.2, 0) is 0 Å². The van der Waals surface area contributed by atoms with Crippen LogP contribution in [0.2, 0.25) is 5.02 Å². The number of fused-ring (bicyclic) bond motifs is 3. The summed E-state index contributed by atoms with van der Waals surface area (Å²) in [6.07, 6.45) is 5.76. The Kier molecular flexibility index (Phi) is 3.38. The smallest absolute Gasteiger partial charge is 0.242 e. The van der Waals surface area contributed by atoms with E-state index >= 15 is 0 Å². The number of nitrogens with zero attached hydrogens (tertiary/aromatic N) is 6. The summed E-state index contributed by atoms with van der Waals surface area (Å²) in [5, 5.41) is 25.2. The van der Waals surface area contributed by atoms with Crippen LogP contribution in [0.4, 0.5) is 0 Å². The highest BCUT2D eigenvalue weighted by molar-refractivity contribution is 6.31. The van der Waals surface area contributed by atoms with E-state index in [1.165, 1.54) is 0 Å². The molecule has 1 aliphatic rings. The summed E-state index contributed by atoms with van der Waals surface area (Å²) in [6, 6.07) is 5.47. The van der Waals surface area contributed by atoms with Gasteiger partial charge in [-0.05, 0) is 31.5 Å². The van der Waals surface area contributed by atoms with Crippen molar-refractivity contribution >= 4 is 28.2 Å². The van der Waals surface area contributed by atoms with Gasteiger partial charge in [-0.3, -0.25) is 4.40 Å². The number of hydrogen-bond acceptors (Lipinski definition) is 5. The van der Waals surface area contributed by atoms with Gasteiger partial charge in [0.2, 0.25) is 11.2 Å². The van der Waals surface area contributed by atoms with Crippen LogP contribution in [-0.4, -0.2) is 30.9 Å². The lowest BCUT2D eigenvalue weighted by Gasteiger charge is -2.09. The molecule has 4 aromatic rings. The summed E-state index contributed by atoms with van der Waals surface area (Å²) >= 11 is 6.05. The third-order valence-corrected chi connectivity index (χ3v) is 5.19. The fraction of sp³-hybridized carbons (Fsp3) is 0.294. The minimum atomic E-state index is 0.228. The van der Waals surface area contributed by atoms with E-state index in [-0.39, 0.29) is 6.04 Å². The van der Waals surface area contributed by atoms with E-state index in [1.54, 1.807) is 30.1 Å². The maximum atomic E-state index is 12.8. The predicted octanol–water partition coefficient (Wildman–Crippen LogP) is 2.09. The first-order chi connectivity index (χ1) is 12.6. The molecule has 0 amide bonds. The molecule has 1 unspecified atom stereocenters. The van der Waals surface area contributed by atoms with Crippen molar-refractivity contribution in [2.45, 2.75) is 25.8 Å². The van der Waals surface area contributed by atoms with Crippen LogP contribution in [0, 0.1) is 12.1 Å². The molecule has 8 nitrogen and oxygen atoms in total. The van der Waals surface area contributed by atoms with Gasteiger partial charge in [-0.25, -0.2) is 4.98 Å². The van der Waals surface area contributed by atoms with Crippen LogP contribution < -0.4 is 10.0 Å². The van der Waals surface area contributed by atoms with E-state index in [2.05, 4.69) is 20.6 Å².